The lowest BCUT2D eigenvalue weighted by Gasteiger charge is -2.32. The van der Waals surface area contributed by atoms with E-state index in [4.69, 9.17) is 16.7 Å². The number of aliphatic carboxylic acids is 1. The molecule has 0 aliphatic heterocycles. The highest BCUT2D eigenvalue weighted by Crippen LogP contribution is 2.27. The Morgan fingerprint density at radius 2 is 1.76 bits per heavy atom. The van der Waals surface area contributed by atoms with Gasteiger partial charge >= 0.3 is 5.97 Å². The second kappa shape index (κ2) is 7.28. The molecule has 0 bridgehead atoms. The molecule has 1 fully saturated rings. The lowest BCUT2D eigenvalue weighted by Crippen LogP contribution is -2.42. The second-order valence-electron chi connectivity index (χ2n) is 6.18. The maximum absolute atomic E-state index is 11.0. The molecule has 1 aromatic rings. The molecule has 3 nitrogen and oxygen atoms in total. The minimum absolute atomic E-state index is 0.146. The fourth-order valence-electron chi connectivity index (χ4n) is 3.08. The van der Waals surface area contributed by atoms with Gasteiger partial charge in [-0.15, -0.1) is 0 Å². The predicted octanol–water partition coefficient (Wildman–Crippen LogP) is 4.07. The van der Waals surface area contributed by atoms with E-state index < -0.39 is 5.97 Å². The van der Waals surface area contributed by atoms with Crippen molar-refractivity contribution in [2.24, 2.45) is 5.92 Å². The SMILES string of the molecule is CC(NC1CCC(C(=O)O)CC1)C(C)c1ccc(Cl)cc1. The van der Waals surface area contributed by atoms with E-state index in [0.29, 0.717) is 18.0 Å². The molecule has 1 saturated carbocycles. The summed E-state index contributed by atoms with van der Waals surface area (Å²) in [6.07, 6.45) is 3.48. The average Bonchev–Trinajstić information content (AvgIpc) is 2.47. The van der Waals surface area contributed by atoms with Gasteiger partial charge in [0.25, 0.3) is 0 Å². The van der Waals surface area contributed by atoms with Crippen molar-refractivity contribution in [3.05, 3.63) is 34.9 Å². The number of carbonyl (C=O) groups is 1. The van der Waals surface area contributed by atoms with Crippen LogP contribution in [0, 0.1) is 5.92 Å². The molecule has 2 unspecified atom stereocenters. The van der Waals surface area contributed by atoms with Crippen LogP contribution >= 0.6 is 11.6 Å². The van der Waals surface area contributed by atoms with Crippen molar-refractivity contribution in [2.75, 3.05) is 0 Å². The summed E-state index contributed by atoms with van der Waals surface area (Å²) in [5, 5.41) is 13.5. The van der Waals surface area contributed by atoms with E-state index in [2.05, 4.69) is 31.3 Å². The van der Waals surface area contributed by atoms with Crippen molar-refractivity contribution in [1.82, 2.24) is 5.32 Å². The number of benzene rings is 1. The largest absolute Gasteiger partial charge is 0.481 e. The molecule has 0 radical (unpaired) electrons. The molecule has 2 rings (SSSR count). The Hall–Kier alpha value is -1.06. The van der Waals surface area contributed by atoms with Gasteiger partial charge in [0.2, 0.25) is 0 Å². The van der Waals surface area contributed by atoms with Crippen LogP contribution in [0.15, 0.2) is 24.3 Å². The zero-order valence-electron chi connectivity index (χ0n) is 12.7. The highest BCUT2D eigenvalue weighted by atomic mass is 35.5. The Bertz CT molecular complexity index is 466. The van der Waals surface area contributed by atoms with Gasteiger partial charge in [0.1, 0.15) is 0 Å². The highest BCUT2D eigenvalue weighted by molar-refractivity contribution is 6.30. The molecule has 4 heteroatoms. The summed E-state index contributed by atoms with van der Waals surface area (Å²) in [6.45, 7) is 4.41. The Labute approximate surface area is 131 Å². The summed E-state index contributed by atoms with van der Waals surface area (Å²) in [5.74, 6) is -0.387. The van der Waals surface area contributed by atoms with E-state index in [1.807, 2.05) is 12.1 Å². The Balaban J connectivity index is 1.85. The second-order valence-corrected chi connectivity index (χ2v) is 6.62. The Morgan fingerprint density at radius 1 is 1.19 bits per heavy atom. The summed E-state index contributed by atoms with van der Waals surface area (Å²) in [4.78, 5) is 11.0. The minimum Gasteiger partial charge on any atom is -0.481 e. The number of hydrogen-bond acceptors (Lipinski definition) is 2. The quantitative estimate of drug-likeness (QED) is 0.862. The summed E-state index contributed by atoms with van der Waals surface area (Å²) in [6, 6.07) is 8.80. The summed E-state index contributed by atoms with van der Waals surface area (Å²) >= 11 is 5.93. The average molecular weight is 310 g/mol. The number of rotatable bonds is 5. The molecular weight excluding hydrogens is 286 g/mol. The van der Waals surface area contributed by atoms with Gasteiger partial charge in [-0.05, 0) is 56.2 Å². The maximum atomic E-state index is 11.0. The van der Waals surface area contributed by atoms with Gasteiger partial charge in [-0.3, -0.25) is 4.79 Å². The molecular formula is C17H24ClNO2. The molecule has 0 heterocycles. The van der Waals surface area contributed by atoms with Crippen LogP contribution in [0.1, 0.15) is 51.0 Å². The van der Waals surface area contributed by atoms with Gasteiger partial charge in [-0.25, -0.2) is 0 Å². The van der Waals surface area contributed by atoms with Crippen LogP contribution in [-0.4, -0.2) is 23.2 Å². The molecule has 0 amide bonds. The van der Waals surface area contributed by atoms with Gasteiger partial charge < -0.3 is 10.4 Å². The van der Waals surface area contributed by atoms with Crippen LogP contribution in [-0.2, 0) is 4.79 Å². The van der Waals surface area contributed by atoms with Crippen LogP contribution in [0.4, 0.5) is 0 Å². The van der Waals surface area contributed by atoms with Crippen LogP contribution in [0.25, 0.3) is 0 Å². The first-order chi connectivity index (χ1) is 9.97. The number of carboxylic acid groups (broad SMARTS) is 1. The van der Waals surface area contributed by atoms with E-state index in [9.17, 15) is 4.79 Å². The van der Waals surface area contributed by atoms with Crippen molar-refractivity contribution in [3.8, 4) is 0 Å². The molecule has 116 valence electrons. The van der Waals surface area contributed by atoms with E-state index in [1.165, 1.54) is 5.56 Å². The first-order valence-corrected chi connectivity index (χ1v) is 8.09. The van der Waals surface area contributed by atoms with Crippen molar-refractivity contribution in [1.29, 1.82) is 0 Å². The van der Waals surface area contributed by atoms with Crippen molar-refractivity contribution in [2.45, 2.75) is 57.5 Å². The van der Waals surface area contributed by atoms with E-state index >= 15 is 0 Å². The molecule has 2 N–H and O–H groups in total. The number of carboxylic acids is 1. The van der Waals surface area contributed by atoms with Crippen molar-refractivity contribution in [3.63, 3.8) is 0 Å². The molecule has 1 aromatic carbocycles. The normalized spacial score (nSPS) is 25.3. The number of halogens is 1. The van der Waals surface area contributed by atoms with Crippen LogP contribution in [0.5, 0.6) is 0 Å². The molecule has 1 aliphatic rings. The smallest absolute Gasteiger partial charge is 0.306 e. The van der Waals surface area contributed by atoms with Crippen LogP contribution in [0.2, 0.25) is 5.02 Å². The van der Waals surface area contributed by atoms with Crippen LogP contribution in [0.3, 0.4) is 0 Å². The van der Waals surface area contributed by atoms with Crippen molar-refractivity contribution < 1.29 is 9.90 Å². The molecule has 0 aromatic heterocycles. The zero-order chi connectivity index (χ0) is 15.4. The van der Waals surface area contributed by atoms with Crippen LogP contribution < -0.4 is 5.32 Å². The van der Waals surface area contributed by atoms with Gasteiger partial charge in [0.05, 0.1) is 5.92 Å². The van der Waals surface area contributed by atoms with Gasteiger partial charge in [0.15, 0.2) is 0 Å². The minimum atomic E-state index is -0.643. The maximum Gasteiger partial charge on any atom is 0.306 e. The lowest BCUT2D eigenvalue weighted by molar-refractivity contribution is -0.142. The van der Waals surface area contributed by atoms with E-state index in [1.54, 1.807) is 0 Å². The van der Waals surface area contributed by atoms with E-state index in [0.717, 1.165) is 30.7 Å². The third kappa shape index (κ3) is 4.45. The molecule has 21 heavy (non-hydrogen) atoms. The molecule has 0 spiro atoms. The summed E-state index contributed by atoms with van der Waals surface area (Å²) in [7, 11) is 0. The third-order valence-corrected chi connectivity index (χ3v) is 4.97. The fraction of sp³-hybridized carbons (Fsp3) is 0.588. The standard InChI is InChI=1S/C17H24ClNO2/c1-11(13-3-7-15(18)8-4-13)12(2)19-16-9-5-14(6-10-16)17(20)21/h3-4,7-8,11-12,14,16,19H,5-6,9-10H2,1-2H3,(H,20,21). The first kappa shape index (κ1) is 16.3. The molecule has 0 saturated heterocycles. The van der Waals surface area contributed by atoms with Gasteiger partial charge in [-0.2, -0.15) is 0 Å². The van der Waals surface area contributed by atoms with Crippen molar-refractivity contribution >= 4 is 17.6 Å². The van der Waals surface area contributed by atoms with Gasteiger partial charge in [0, 0.05) is 17.1 Å². The Kier molecular flexibility index (Phi) is 5.65. The third-order valence-electron chi connectivity index (χ3n) is 4.72. The molecule has 1 aliphatic carbocycles. The van der Waals surface area contributed by atoms with Gasteiger partial charge in [-0.1, -0.05) is 30.7 Å². The molecule has 2 atom stereocenters. The topological polar surface area (TPSA) is 49.3 Å². The fourth-order valence-corrected chi connectivity index (χ4v) is 3.20. The Morgan fingerprint density at radius 3 is 2.29 bits per heavy atom. The van der Waals surface area contributed by atoms with E-state index in [-0.39, 0.29) is 5.92 Å². The number of nitrogens with one attached hydrogen (secondary N) is 1. The predicted molar refractivity (Wildman–Crippen MR) is 85.8 cm³/mol. The number of hydrogen-bond donors (Lipinski definition) is 2. The summed E-state index contributed by atoms with van der Waals surface area (Å²) < 4.78 is 0. The summed E-state index contributed by atoms with van der Waals surface area (Å²) in [5.41, 5.74) is 1.28. The zero-order valence-corrected chi connectivity index (χ0v) is 13.4. The highest BCUT2D eigenvalue weighted by Gasteiger charge is 2.27. The lowest BCUT2D eigenvalue weighted by atomic mass is 9.85. The first-order valence-electron chi connectivity index (χ1n) is 7.71. The monoisotopic (exact) mass is 309 g/mol.